The Kier molecular flexibility index (Phi) is 6.24. The van der Waals surface area contributed by atoms with Crippen LogP contribution in [0.4, 0.5) is 0 Å². The first-order chi connectivity index (χ1) is 17.4. The van der Waals surface area contributed by atoms with Crippen LogP contribution in [0.5, 0.6) is 0 Å². The molecule has 0 radical (unpaired) electrons. The third-order valence-electron chi connectivity index (χ3n) is 8.09. The molecule has 0 aliphatic carbocycles. The van der Waals surface area contributed by atoms with Gasteiger partial charge in [0.25, 0.3) is 0 Å². The van der Waals surface area contributed by atoms with Crippen molar-refractivity contribution in [1.29, 1.82) is 0 Å². The van der Waals surface area contributed by atoms with E-state index < -0.39 is 12.6 Å². The van der Waals surface area contributed by atoms with Gasteiger partial charge in [0, 0.05) is 0 Å². The van der Waals surface area contributed by atoms with Gasteiger partial charge in [-0.2, -0.15) is 0 Å². The van der Waals surface area contributed by atoms with Gasteiger partial charge in [0.2, 0.25) is 0 Å². The molecular formula is C34H36P2. The van der Waals surface area contributed by atoms with Crippen molar-refractivity contribution < 1.29 is 0 Å². The topological polar surface area (TPSA) is 0 Å². The molecule has 0 aromatic heterocycles. The predicted octanol–water partition coefficient (Wildman–Crippen LogP) is 7.40. The van der Waals surface area contributed by atoms with Crippen molar-refractivity contribution in [2.45, 2.75) is 6.16 Å². The van der Waals surface area contributed by atoms with E-state index >= 15 is 0 Å². The van der Waals surface area contributed by atoms with Gasteiger partial charge in [-0.15, -0.1) is 0 Å². The molecule has 5 rings (SSSR count). The fraction of sp³-hybridized carbons (Fsp3) is 0.118. The molecule has 5 aromatic carbocycles. The van der Waals surface area contributed by atoms with Crippen LogP contribution in [0, 0.1) is 0 Å². The molecule has 0 unspecified atom stereocenters. The Bertz CT molecular complexity index is 1250. The van der Waals surface area contributed by atoms with Crippen molar-refractivity contribution in [3.8, 4) is 0 Å². The Balaban J connectivity index is 2.10. The molecule has 36 heavy (non-hydrogen) atoms. The van der Waals surface area contributed by atoms with E-state index in [0.717, 1.165) is 6.16 Å². The number of hydrogen-bond acceptors (Lipinski definition) is 0. The zero-order valence-corrected chi connectivity index (χ0v) is 23.3. The Labute approximate surface area is 216 Å². The first kappa shape index (κ1) is 24.6. The number of hydrogen-bond donors (Lipinski definition) is 0. The molecule has 182 valence electrons. The molecule has 0 aliphatic heterocycles. The second-order valence-corrected chi connectivity index (χ2v) is 28.5. The van der Waals surface area contributed by atoms with E-state index in [4.69, 9.17) is 0 Å². The van der Waals surface area contributed by atoms with E-state index in [0.29, 0.717) is 0 Å². The zero-order chi connectivity index (χ0) is 25.2. The van der Waals surface area contributed by atoms with Gasteiger partial charge in [0.1, 0.15) is 0 Å². The van der Waals surface area contributed by atoms with Crippen molar-refractivity contribution in [1.82, 2.24) is 0 Å². The molecule has 0 nitrogen and oxygen atoms in total. The van der Waals surface area contributed by atoms with Crippen LogP contribution in [-0.2, 0) is 6.16 Å². The summed E-state index contributed by atoms with van der Waals surface area (Å²) in [4.78, 5) is 0. The summed E-state index contributed by atoms with van der Waals surface area (Å²) in [7, 11) is 0. The van der Waals surface area contributed by atoms with Gasteiger partial charge in [-0.1, -0.05) is 0 Å². The minimum atomic E-state index is -3.30. The van der Waals surface area contributed by atoms with E-state index in [1.54, 1.807) is 0 Å². The molecular weight excluding hydrogens is 470 g/mol. The van der Waals surface area contributed by atoms with Crippen LogP contribution in [-0.4, -0.2) is 20.0 Å². The maximum atomic E-state index is 2.65. The molecule has 0 spiro atoms. The number of benzene rings is 5. The van der Waals surface area contributed by atoms with Crippen molar-refractivity contribution in [2.24, 2.45) is 0 Å². The van der Waals surface area contributed by atoms with Gasteiger partial charge in [-0.3, -0.25) is 0 Å². The van der Waals surface area contributed by atoms with E-state index in [1.165, 1.54) is 26.8 Å². The monoisotopic (exact) mass is 506 g/mol. The first-order valence-corrected chi connectivity index (χ1v) is 19.4. The molecule has 0 aliphatic rings. The fourth-order valence-corrected chi connectivity index (χ4v) is 30.0. The molecule has 5 aromatic rings. The van der Waals surface area contributed by atoms with Crippen LogP contribution in [0.3, 0.4) is 0 Å². The number of rotatable bonds is 7. The summed E-state index contributed by atoms with van der Waals surface area (Å²) in [6.45, 7) is 7.95. The van der Waals surface area contributed by atoms with Crippen LogP contribution < -0.4 is 21.2 Å². The first-order valence-electron chi connectivity index (χ1n) is 12.7. The summed E-state index contributed by atoms with van der Waals surface area (Å²) in [6, 6.07) is 56.9. The normalized spacial score (nSPS) is 14.2. The van der Waals surface area contributed by atoms with Crippen molar-refractivity contribution >= 4 is 33.8 Å². The fourth-order valence-electron chi connectivity index (χ4n) is 6.83. The third kappa shape index (κ3) is 3.36. The maximum absolute atomic E-state index is 3.30. The summed E-state index contributed by atoms with van der Waals surface area (Å²) in [6.07, 6.45) is -4.98. The molecule has 0 amide bonds. The Morgan fingerprint density at radius 2 is 0.611 bits per heavy atom. The molecule has 0 saturated heterocycles. The summed E-state index contributed by atoms with van der Waals surface area (Å²) >= 11 is 0. The van der Waals surface area contributed by atoms with Gasteiger partial charge in [0.05, 0.1) is 0 Å². The SMILES string of the molecule is CP(C)(C)(Cc1ccccc1)P(c1ccccc1)(c1ccccc1)(c1ccccc1)c1ccccc1. The van der Waals surface area contributed by atoms with E-state index in [1.807, 2.05) is 0 Å². The van der Waals surface area contributed by atoms with E-state index in [-0.39, 0.29) is 0 Å². The van der Waals surface area contributed by atoms with Crippen LogP contribution in [0.25, 0.3) is 0 Å². The van der Waals surface area contributed by atoms with Crippen LogP contribution in [0.1, 0.15) is 5.56 Å². The standard InChI is InChI=1S/C34H36P2/c1-35(2,3,29-30-19-9-4-10-20-30)36(31-21-11-5-12-22-31,32-23-13-6-14-24-32,33-25-15-7-16-26-33)34-27-17-8-18-28-34/h4-28H,29H2,1-3H3. The van der Waals surface area contributed by atoms with E-state index in [2.05, 4.69) is 172 Å². The second kappa shape index (κ2) is 9.12. The molecule has 0 N–H and O–H groups in total. The van der Waals surface area contributed by atoms with Gasteiger partial charge in [-0.25, -0.2) is 0 Å². The average molecular weight is 507 g/mol. The molecule has 0 atom stereocenters. The van der Waals surface area contributed by atoms with Crippen LogP contribution >= 0.6 is 12.6 Å². The summed E-state index contributed by atoms with van der Waals surface area (Å²) in [5, 5.41) is 5.81. The minimum absolute atomic E-state index is 1.05. The van der Waals surface area contributed by atoms with Gasteiger partial charge in [-0.05, 0) is 0 Å². The summed E-state index contributed by atoms with van der Waals surface area (Å²) in [5.74, 6) is 0. The molecule has 0 saturated carbocycles. The second-order valence-electron chi connectivity index (χ2n) is 11.1. The average Bonchev–Trinajstić information content (AvgIpc) is 2.92. The van der Waals surface area contributed by atoms with Crippen LogP contribution in [0.2, 0.25) is 0 Å². The van der Waals surface area contributed by atoms with Crippen molar-refractivity contribution in [3.05, 3.63) is 157 Å². The van der Waals surface area contributed by atoms with Gasteiger partial charge in [0.15, 0.2) is 0 Å². The Morgan fingerprint density at radius 1 is 0.361 bits per heavy atom. The van der Waals surface area contributed by atoms with Crippen molar-refractivity contribution in [2.75, 3.05) is 20.0 Å². The summed E-state index contributed by atoms with van der Waals surface area (Å²) in [5.41, 5.74) is 1.41. The molecule has 0 heterocycles. The Hall–Kier alpha value is -3.04. The molecule has 2 heteroatoms. The van der Waals surface area contributed by atoms with Gasteiger partial charge < -0.3 is 0 Å². The predicted molar refractivity (Wildman–Crippen MR) is 166 cm³/mol. The Morgan fingerprint density at radius 3 is 0.889 bits per heavy atom. The van der Waals surface area contributed by atoms with Gasteiger partial charge >= 0.3 is 217 Å². The zero-order valence-electron chi connectivity index (χ0n) is 21.5. The van der Waals surface area contributed by atoms with E-state index in [9.17, 15) is 0 Å². The van der Waals surface area contributed by atoms with Crippen LogP contribution in [0.15, 0.2) is 152 Å². The quantitative estimate of drug-likeness (QED) is 0.202. The van der Waals surface area contributed by atoms with Crippen molar-refractivity contribution in [3.63, 3.8) is 0 Å². The summed E-state index contributed by atoms with van der Waals surface area (Å²) < 4.78 is 0. The molecule has 0 bridgehead atoms. The molecule has 0 fully saturated rings. The third-order valence-corrected chi connectivity index (χ3v) is 29.8.